The number of fused-ring (bicyclic) bond motifs is 1. The van der Waals surface area contributed by atoms with E-state index in [0.29, 0.717) is 18.7 Å². The molecule has 0 unspecified atom stereocenters. The second-order valence-corrected chi connectivity index (χ2v) is 10.3. The fourth-order valence-corrected chi connectivity index (χ4v) is 6.16. The van der Waals surface area contributed by atoms with E-state index in [-0.39, 0.29) is 17.3 Å². The first-order chi connectivity index (χ1) is 16.4. The van der Waals surface area contributed by atoms with Gasteiger partial charge in [-0.05, 0) is 50.1 Å². The lowest BCUT2D eigenvalue weighted by Crippen LogP contribution is -2.32. The quantitative estimate of drug-likeness (QED) is 0.502. The summed E-state index contributed by atoms with van der Waals surface area (Å²) in [5.41, 5.74) is 3.07. The number of sulfonamides is 1. The van der Waals surface area contributed by atoms with Crippen molar-refractivity contribution in [3.63, 3.8) is 0 Å². The van der Waals surface area contributed by atoms with Crippen molar-refractivity contribution in [1.82, 2.24) is 19.2 Å². The molecule has 1 aliphatic heterocycles. The van der Waals surface area contributed by atoms with E-state index in [1.807, 2.05) is 45.0 Å². The van der Waals surface area contributed by atoms with Crippen LogP contribution in [0.5, 0.6) is 0 Å². The molecule has 0 radical (unpaired) electrons. The Kier molecular flexibility index (Phi) is 7.23. The molecule has 4 rings (SSSR count). The van der Waals surface area contributed by atoms with Crippen LogP contribution in [0.1, 0.15) is 49.8 Å². The first-order valence-corrected chi connectivity index (χ1v) is 13.5. The highest BCUT2D eigenvalue weighted by molar-refractivity contribution is 7.89. The summed E-state index contributed by atoms with van der Waals surface area (Å²) in [6.45, 7) is 9.13. The van der Waals surface area contributed by atoms with Crippen LogP contribution in [0, 0.1) is 0 Å². The number of amides is 1. The summed E-state index contributed by atoms with van der Waals surface area (Å²) < 4.78 is 29.8. The smallest absolute Gasteiger partial charge is 0.253 e. The molecule has 1 aliphatic rings. The summed E-state index contributed by atoms with van der Waals surface area (Å²) >= 11 is 0. The Morgan fingerprint density at radius 1 is 1.06 bits per heavy atom. The number of benzene rings is 2. The molecule has 182 valence electrons. The first-order valence-electron chi connectivity index (χ1n) is 12.0. The van der Waals surface area contributed by atoms with Crippen molar-refractivity contribution in [3.05, 3.63) is 53.9 Å². The van der Waals surface area contributed by atoms with Gasteiger partial charge in [0.05, 0.1) is 28.0 Å². The number of carbonyl (C=O) groups is 1. The van der Waals surface area contributed by atoms with Gasteiger partial charge in [-0.25, -0.2) is 13.4 Å². The predicted octanol–water partition coefficient (Wildman–Crippen LogP) is 3.62. The number of aryl methyl sites for hydroxylation is 1. The zero-order valence-electron chi connectivity index (χ0n) is 20.1. The number of hydrogen-bond acceptors (Lipinski definition) is 5. The van der Waals surface area contributed by atoms with E-state index in [4.69, 9.17) is 0 Å². The van der Waals surface area contributed by atoms with E-state index >= 15 is 0 Å². The van der Waals surface area contributed by atoms with Crippen LogP contribution in [0.15, 0.2) is 47.4 Å². The third kappa shape index (κ3) is 4.54. The molecule has 2 aromatic carbocycles. The van der Waals surface area contributed by atoms with E-state index in [1.165, 1.54) is 10.4 Å². The van der Waals surface area contributed by atoms with Crippen LogP contribution >= 0.6 is 0 Å². The Hall–Kier alpha value is -2.91. The zero-order chi connectivity index (χ0) is 24.3. The zero-order valence-corrected chi connectivity index (χ0v) is 20.9. The molecule has 1 fully saturated rings. The van der Waals surface area contributed by atoms with Crippen molar-refractivity contribution in [2.45, 2.75) is 51.6 Å². The molecule has 0 spiro atoms. The summed E-state index contributed by atoms with van der Waals surface area (Å²) in [5.74, 6) is 0.472. The minimum absolute atomic E-state index is 0.144. The number of aromatic nitrogens is 2. The topological polar surface area (TPSA) is 87.5 Å². The number of nitrogens with one attached hydrogen (secondary N) is 1. The highest BCUT2D eigenvalue weighted by atomic mass is 32.2. The van der Waals surface area contributed by atoms with Gasteiger partial charge < -0.3 is 14.8 Å². The highest BCUT2D eigenvalue weighted by Crippen LogP contribution is 2.29. The van der Waals surface area contributed by atoms with Gasteiger partial charge in [-0.2, -0.15) is 4.31 Å². The molecule has 8 nitrogen and oxygen atoms in total. The lowest BCUT2D eigenvalue weighted by molar-refractivity contribution is 0.0950. The van der Waals surface area contributed by atoms with Gasteiger partial charge >= 0.3 is 0 Å². The molecule has 9 heteroatoms. The Balaban J connectivity index is 1.66. The number of para-hydroxylation sites is 2. The van der Waals surface area contributed by atoms with Gasteiger partial charge in [-0.15, -0.1) is 0 Å². The van der Waals surface area contributed by atoms with E-state index in [9.17, 15) is 13.2 Å². The lowest BCUT2D eigenvalue weighted by Gasteiger charge is -2.23. The fourth-order valence-electron chi connectivity index (χ4n) is 4.67. The van der Waals surface area contributed by atoms with Gasteiger partial charge in [0.2, 0.25) is 10.0 Å². The number of rotatable bonds is 9. The molecule has 3 aromatic rings. The summed E-state index contributed by atoms with van der Waals surface area (Å²) in [6.07, 6.45) is 2.11. The molecule has 1 amide bonds. The van der Waals surface area contributed by atoms with Crippen LogP contribution in [-0.4, -0.2) is 54.4 Å². The van der Waals surface area contributed by atoms with E-state index in [0.717, 1.165) is 55.0 Å². The molecule has 1 saturated heterocycles. The van der Waals surface area contributed by atoms with Gasteiger partial charge in [0.25, 0.3) is 5.91 Å². The molecule has 0 atom stereocenters. The first kappa shape index (κ1) is 24.2. The van der Waals surface area contributed by atoms with E-state index in [2.05, 4.69) is 19.8 Å². The number of imidazole rings is 1. The molecular formula is C25H33N5O3S. The van der Waals surface area contributed by atoms with Crippen LogP contribution in [0.2, 0.25) is 0 Å². The SMILES string of the molecule is CCN(CC)S(=O)(=O)c1ccc(N2CCCC2)c(C(=O)NCc2nc3ccccc3n2CC)c1. The Morgan fingerprint density at radius 2 is 1.76 bits per heavy atom. The average Bonchev–Trinajstić information content (AvgIpc) is 3.50. The van der Waals surface area contributed by atoms with Crippen molar-refractivity contribution < 1.29 is 13.2 Å². The fraction of sp³-hybridized carbons (Fsp3) is 0.440. The van der Waals surface area contributed by atoms with Crippen molar-refractivity contribution in [2.75, 3.05) is 31.1 Å². The molecule has 34 heavy (non-hydrogen) atoms. The van der Waals surface area contributed by atoms with Crippen molar-refractivity contribution >= 4 is 32.7 Å². The molecule has 0 bridgehead atoms. The maximum Gasteiger partial charge on any atom is 0.253 e. The lowest BCUT2D eigenvalue weighted by atomic mass is 10.1. The molecule has 0 saturated carbocycles. The van der Waals surface area contributed by atoms with Gasteiger partial charge in [0.1, 0.15) is 5.82 Å². The maximum atomic E-state index is 13.4. The maximum absolute atomic E-state index is 13.4. The summed E-state index contributed by atoms with van der Waals surface area (Å²) in [4.78, 5) is 20.4. The minimum Gasteiger partial charge on any atom is -0.371 e. The van der Waals surface area contributed by atoms with Crippen LogP contribution in [-0.2, 0) is 23.1 Å². The molecular weight excluding hydrogens is 450 g/mol. The van der Waals surface area contributed by atoms with Crippen LogP contribution in [0.25, 0.3) is 11.0 Å². The van der Waals surface area contributed by atoms with Crippen LogP contribution in [0.4, 0.5) is 5.69 Å². The number of carbonyl (C=O) groups excluding carboxylic acids is 1. The van der Waals surface area contributed by atoms with Gasteiger partial charge in [-0.3, -0.25) is 4.79 Å². The predicted molar refractivity (Wildman–Crippen MR) is 135 cm³/mol. The second kappa shape index (κ2) is 10.1. The summed E-state index contributed by atoms with van der Waals surface area (Å²) in [5, 5.41) is 2.99. The third-order valence-electron chi connectivity index (χ3n) is 6.46. The van der Waals surface area contributed by atoms with E-state index in [1.54, 1.807) is 12.1 Å². The van der Waals surface area contributed by atoms with Crippen LogP contribution in [0.3, 0.4) is 0 Å². The minimum atomic E-state index is -3.67. The molecule has 1 N–H and O–H groups in total. The standard InChI is InChI=1S/C25H33N5O3S/c1-4-29(5-2)34(32,33)19-13-14-22(28-15-9-10-16-28)20(17-19)25(31)26-18-24-27-21-11-7-8-12-23(21)30(24)6-3/h7-8,11-14,17H,4-6,9-10,15-16,18H2,1-3H3,(H,26,31). The number of nitrogens with zero attached hydrogens (tertiary/aromatic N) is 4. The number of hydrogen-bond donors (Lipinski definition) is 1. The summed E-state index contributed by atoms with van der Waals surface area (Å²) in [7, 11) is -3.67. The Morgan fingerprint density at radius 3 is 2.44 bits per heavy atom. The highest BCUT2D eigenvalue weighted by Gasteiger charge is 2.26. The normalized spacial score (nSPS) is 14.3. The van der Waals surface area contributed by atoms with Gasteiger partial charge in [0, 0.05) is 38.4 Å². The van der Waals surface area contributed by atoms with Gasteiger partial charge in [0.15, 0.2) is 0 Å². The molecule has 2 heterocycles. The average molecular weight is 484 g/mol. The Bertz CT molecular complexity index is 1270. The third-order valence-corrected chi connectivity index (χ3v) is 8.51. The van der Waals surface area contributed by atoms with Crippen LogP contribution < -0.4 is 10.2 Å². The van der Waals surface area contributed by atoms with E-state index < -0.39 is 10.0 Å². The molecule has 1 aromatic heterocycles. The summed E-state index contributed by atoms with van der Waals surface area (Å²) in [6, 6.07) is 12.8. The van der Waals surface area contributed by atoms with Crippen molar-refractivity contribution in [2.24, 2.45) is 0 Å². The largest absolute Gasteiger partial charge is 0.371 e. The van der Waals surface area contributed by atoms with Crippen molar-refractivity contribution in [1.29, 1.82) is 0 Å². The second-order valence-electron chi connectivity index (χ2n) is 8.41. The molecule has 0 aliphatic carbocycles. The number of anilines is 1. The van der Waals surface area contributed by atoms with Crippen molar-refractivity contribution in [3.8, 4) is 0 Å². The monoisotopic (exact) mass is 483 g/mol. The van der Waals surface area contributed by atoms with Gasteiger partial charge in [-0.1, -0.05) is 26.0 Å². The Labute approximate surface area is 201 Å².